The third-order valence-electron chi connectivity index (χ3n) is 21.7. The second-order valence-corrected chi connectivity index (χ2v) is 31.3. The van der Waals surface area contributed by atoms with Crippen molar-refractivity contribution in [2.75, 3.05) is 26.4 Å². The van der Waals surface area contributed by atoms with E-state index in [2.05, 4.69) is 116 Å². The fraction of sp³-hybridized carbons (Fsp3) is 0.813. The van der Waals surface area contributed by atoms with Crippen molar-refractivity contribution < 1.29 is 89.4 Å². The summed E-state index contributed by atoms with van der Waals surface area (Å²) in [6.45, 7) is 1.73. The molecule has 0 aromatic rings. The number of ether oxygens (including phenoxy) is 6. The monoisotopic (exact) mass is 1560 g/mol. The molecule has 19 nitrogen and oxygen atoms in total. The molecule has 0 aliphatic carbocycles. The smallest absolute Gasteiger partial charge is 0.220 e. The Labute approximate surface area is 666 Å². The van der Waals surface area contributed by atoms with Gasteiger partial charge in [0.25, 0.3) is 0 Å². The average Bonchev–Trinajstić information content (AvgIpc) is 0.780. The first-order chi connectivity index (χ1) is 53.8. The maximum Gasteiger partial charge on any atom is 0.220 e. The summed E-state index contributed by atoms with van der Waals surface area (Å²) in [4.78, 5) is 13.5. The van der Waals surface area contributed by atoms with E-state index in [1.165, 1.54) is 205 Å². The second kappa shape index (κ2) is 70.0. The van der Waals surface area contributed by atoms with Crippen LogP contribution in [0.2, 0.25) is 0 Å². The summed E-state index contributed by atoms with van der Waals surface area (Å²) in [5, 5.41) is 121. The van der Waals surface area contributed by atoms with Crippen LogP contribution in [-0.2, 0) is 33.2 Å². The number of rotatable bonds is 71. The van der Waals surface area contributed by atoms with Crippen LogP contribution in [0.1, 0.15) is 341 Å². The molecule has 19 heteroatoms. The third kappa shape index (κ3) is 48.3. The van der Waals surface area contributed by atoms with Crippen molar-refractivity contribution in [3.8, 4) is 0 Å². The maximum atomic E-state index is 13.5. The van der Waals surface area contributed by atoms with E-state index < -0.39 is 124 Å². The number of aliphatic hydroxyl groups excluding tert-OH is 11. The minimum absolute atomic E-state index is 0.242. The van der Waals surface area contributed by atoms with Crippen LogP contribution in [0.15, 0.2) is 97.2 Å². The molecule has 17 atom stereocenters. The van der Waals surface area contributed by atoms with Crippen molar-refractivity contribution in [3.63, 3.8) is 0 Å². The Kier molecular flexibility index (Phi) is 64.2. The summed E-state index contributed by atoms with van der Waals surface area (Å²) in [5.41, 5.74) is 0. The van der Waals surface area contributed by atoms with Crippen LogP contribution in [0.25, 0.3) is 0 Å². The molecule has 0 saturated carbocycles. The van der Waals surface area contributed by atoms with Gasteiger partial charge in [0.05, 0.1) is 38.6 Å². The van der Waals surface area contributed by atoms with Crippen LogP contribution in [0.4, 0.5) is 0 Å². The van der Waals surface area contributed by atoms with E-state index in [-0.39, 0.29) is 18.9 Å². The van der Waals surface area contributed by atoms with Gasteiger partial charge in [0.2, 0.25) is 5.91 Å². The minimum atomic E-state index is -1.98. The van der Waals surface area contributed by atoms with Crippen molar-refractivity contribution >= 4 is 5.91 Å². The number of carbonyl (C=O) groups excluding carboxylic acids is 1. The Morgan fingerprint density at radius 2 is 0.627 bits per heavy atom. The van der Waals surface area contributed by atoms with E-state index in [0.717, 1.165) is 103 Å². The van der Waals surface area contributed by atoms with Crippen LogP contribution < -0.4 is 5.32 Å². The molecular weight excluding hydrogens is 1390 g/mol. The molecule has 638 valence electrons. The van der Waals surface area contributed by atoms with Gasteiger partial charge in [-0.1, -0.05) is 355 Å². The van der Waals surface area contributed by atoms with Crippen LogP contribution in [0.5, 0.6) is 0 Å². The lowest BCUT2D eigenvalue weighted by molar-refractivity contribution is -0.379. The van der Waals surface area contributed by atoms with Gasteiger partial charge in [-0.2, -0.15) is 0 Å². The van der Waals surface area contributed by atoms with Gasteiger partial charge in [-0.15, -0.1) is 0 Å². The number of aliphatic hydroxyl groups is 11. The number of nitrogens with one attached hydrogen (secondary N) is 1. The number of unbranched alkanes of at least 4 members (excludes halogenated alkanes) is 39. The highest BCUT2D eigenvalue weighted by Gasteiger charge is 2.54. The van der Waals surface area contributed by atoms with Crippen molar-refractivity contribution in [3.05, 3.63) is 97.2 Å². The highest BCUT2D eigenvalue weighted by Crippen LogP contribution is 2.34. The lowest BCUT2D eigenvalue weighted by Gasteiger charge is -2.48. The van der Waals surface area contributed by atoms with Gasteiger partial charge in [0, 0.05) is 6.42 Å². The number of hydrogen-bond acceptors (Lipinski definition) is 18. The fourth-order valence-electron chi connectivity index (χ4n) is 14.6. The summed E-state index contributed by atoms with van der Waals surface area (Å²) >= 11 is 0. The maximum absolute atomic E-state index is 13.5. The number of amides is 1. The average molecular weight is 1560 g/mol. The molecule has 17 unspecified atom stereocenters. The summed E-state index contributed by atoms with van der Waals surface area (Å²) in [6, 6.07) is -0.894. The largest absolute Gasteiger partial charge is 0.394 e. The summed E-state index contributed by atoms with van der Waals surface area (Å²) in [7, 11) is 0. The molecular formula is C91H161NO18. The van der Waals surface area contributed by atoms with Gasteiger partial charge in [-0.3, -0.25) is 4.79 Å². The van der Waals surface area contributed by atoms with E-state index in [9.17, 15) is 61.0 Å². The molecule has 0 aromatic carbocycles. The first-order valence-corrected chi connectivity index (χ1v) is 44.5. The van der Waals surface area contributed by atoms with E-state index in [4.69, 9.17) is 28.4 Å². The van der Waals surface area contributed by atoms with Crippen molar-refractivity contribution in [2.24, 2.45) is 0 Å². The molecule has 3 rings (SSSR count). The SMILES string of the molecule is CC/C=C\C/C=C\C/C=C\C/C=C\C/C=C\C/C=C\C/C=C\C/C=C\CCCCCCCCCCCCCCCCC(=O)NC(COC1OC(CO)C(OC2OC(CO)C(OC3OC(CO)C(O)C(O)C3O)C(O)C2O)C(O)C1O)C(O)CCCCCCCCCCCCCCCCCCCCCCCCCCCC. The molecule has 1 amide bonds. The molecule has 12 N–H and O–H groups in total. The normalized spacial score (nSPS) is 25.6. The Hall–Kier alpha value is -3.29. The van der Waals surface area contributed by atoms with E-state index in [1.54, 1.807) is 0 Å². The molecule has 3 aliphatic rings. The number of hydrogen-bond donors (Lipinski definition) is 12. The zero-order valence-electron chi connectivity index (χ0n) is 68.7. The van der Waals surface area contributed by atoms with Crippen molar-refractivity contribution in [2.45, 2.75) is 446 Å². The van der Waals surface area contributed by atoms with Crippen LogP contribution in [0, 0.1) is 0 Å². The van der Waals surface area contributed by atoms with Gasteiger partial charge < -0.3 is 89.9 Å². The van der Waals surface area contributed by atoms with Crippen molar-refractivity contribution in [1.82, 2.24) is 5.32 Å². The molecule has 0 radical (unpaired) electrons. The number of allylic oxidation sites excluding steroid dienone is 16. The Balaban J connectivity index is 1.32. The quantitative estimate of drug-likeness (QED) is 0.0199. The van der Waals surface area contributed by atoms with Crippen LogP contribution in [-0.4, -0.2) is 193 Å². The topological polar surface area (TPSA) is 307 Å². The lowest BCUT2D eigenvalue weighted by Crippen LogP contribution is -2.66. The van der Waals surface area contributed by atoms with Crippen LogP contribution >= 0.6 is 0 Å². The molecule has 110 heavy (non-hydrogen) atoms. The summed E-state index contributed by atoms with van der Waals surface area (Å²) < 4.78 is 34.6. The summed E-state index contributed by atoms with van der Waals surface area (Å²) in [5.74, 6) is -0.242. The van der Waals surface area contributed by atoms with Gasteiger partial charge in [0.15, 0.2) is 18.9 Å². The van der Waals surface area contributed by atoms with E-state index in [0.29, 0.717) is 12.8 Å². The zero-order valence-corrected chi connectivity index (χ0v) is 68.7. The first-order valence-electron chi connectivity index (χ1n) is 44.5. The molecule has 3 saturated heterocycles. The summed E-state index contributed by atoms with van der Waals surface area (Å²) in [6.07, 6.45) is 69.3. The minimum Gasteiger partial charge on any atom is -0.394 e. The van der Waals surface area contributed by atoms with Crippen LogP contribution in [0.3, 0.4) is 0 Å². The van der Waals surface area contributed by atoms with Gasteiger partial charge in [-0.05, 0) is 77.0 Å². The lowest BCUT2D eigenvalue weighted by atomic mass is 9.96. The fourth-order valence-corrected chi connectivity index (χ4v) is 14.6. The van der Waals surface area contributed by atoms with E-state index >= 15 is 0 Å². The molecule has 0 aromatic heterocycles. The molecule has 0 spiro atoms. The van der Waals surface area contributed by atoms with Gasteiger partial charge in [-0.25, -0.2) is 0 Å². The molecule has 3 heterocycles. The molecule has 3 fully saturated rings. The van der Waals surface area contributed by atoms with Crippen molar-refractivity contribution in [1.29, 1.82) is 0 Å². The first kappa shape index (κ1) is 101. The Morgan fingerprint density at radius 3 is 0.982 bits per heavy atom. The highest BCUT2D eigenvalue weighted by atomic mass is 16.8. The van der Waals surface area contributed by atoms with Gasteiger partial charge >= 0.3 is 0 Å². The number of carbonyl (C=O) groups is 1. The zero-order chi connectivity index (χ0) is 79.5. The van der Waals surface area contributed by atoms with Gasteiger partial charge in [0.1, 0.15) is 73.2 Å². The molecule has 3 aliphatic heterocycles. The Morgan fingerprint density at radius 1 is 0.336 bits per heavy atom. The standard InChI is InChI=1S/C91H161NO18/c1-3-5-7-9-11-13-15-17-19-21-23-25-27-29-31-32-33-34-35-36-37-38-39-40-41-42-43-45-47-49-51-53-55-57-59-61-63-65-67-69-79(97)92-74(75(96)68-66-64-62-60-58-56-54-52-50-48-46-44-30-28-26-24-22-20-18-16-14-12-10-8-6-4-2)73-105-89-85(103)82(100)87(77(71-94)107-89)110-91-86(104)83(101)88(78(72-95)108-91)109-90-84(102)81(99)80(98)76(70-93)106-90/h5,7,11,13,17,19,23,25,29,31,33-34,36-37,39-40,74-78,80-91,93-96,98-104H,3-4,6,8-10,12,14-16,18,20-22,24,26-28,30,32,35,38,41-73H2,1-2H3,(H,92,97)/b7-5-,13-11-,19-17-,25-23-,31-29-,34-33-,37-36-,40-39-. The predicted octanol–water partition coefficient (Wildman–Crippen LogP) is 16.7. The highest BCUT2D eigenvalue weighted by molar-refractivity contribution is 5.76. The predicted molar refractivity (Wildman–Crippen MR) is 443 cm³/mol. The third-order valence-corrected chi connectivity index (χ3v) is 21.7. The second-order valence-electron chi connectivity index (χ2n) is 31.3. The Bertz CT molecular complexity index is 2360. The molecule has 0 bridgehead atoms. The van der Waals surface area contributed by atoms with E-state index in [1.807, 2.05) is 0 Å².